The molecular weight excluding hydrogens is 501 g/mol. The summed E-state index contributed by atoms with van der Waals surface area (Å²) >= 11 is 0. The van der Waals surface area contributed by atoms with Crippen molar-refractivity contribution in [2.75, 3.05) is 13.2 Å². The summed E-state index contributed by atoms with van der Waals surface area (Å²) in [5.74, 6) is -1.83. The van der Waals surface area contributed by atoms with E-state index in [1.54, 1.807) is 48.5 Å². The summed E-state index contributed by atoms with van der Waals surface area (Å²) in [6.07, 6.45) is 8.08. The normalized spacial score (nSPS) is 17.1. The molecule has 1 fully saturated rings. The van der Waals surface area contributed by atoms with Crippen molar-refractivity contribution in [2.45, 2.75) is 70.5 Å². The van der Waals surface area contributed by atoms with E-state index in [2.05, 4.69) is 13.5 Å². The van der Waals surface area contributed by atoms with Crippen molar-refractivity contribution in [3.63, 3.8) is 0 Å². The van der Waals surface area contributed by atoms with Crippen LogP contribution in [0.25, 0.3) is 11.1 Å². The Hall–Kier alpha value is -3.25. The van der Waals surface area contributed by atoms with Gasteiger partial charge in [-0.3, -0.25) is 0 Å². The van der Waals surface area contributed by atoms with Crippen LogP contribution < -0.4 is 9.47 Å². The number of rotatable bonds is 13. The first-order valence-corrected chi connectivity index (χ1v) is 13.8. The molecule has 1 aliphatic rings. The Morgan fingerprint density at radius 1 is 0.872 bits per heavy atom. The maximum Gasteiger partial charge on any atom is 0.200 e. The fourth-order valence-corrected chi connectivity index (χ4v) is 4.93. The molecule has 6 heteroatoms. The van der Waals surface area contributed by atoms with E-state index >= 15 is 0 Å². The van der Waals surface area contributed by atoms with Crippen molar-refractivity contribution in [1.29, 1.82) is 0 Å². The fraction of sp³-hybridized carbons (Fsp3) is 0.394. The lowest BCUT2D eigenvalue weighted by Crippen LogP contribution is -2.22. The first-order valence-electron chi connectivity index (χ1n) is 13.8. The molecule has 3 aromatic carbocycles. The Morgan fingerprint density at radius 3 is 2.33 bits per heavy atom. The van der Waals surface area contributed by atoms with Gasteiger partial charge in [-0.05, 0) is 79.3 Å². The van der Waals surface area contributed by atoms with Gasteiger partial charge in [-0.25, -0.2) is 8.78 Å². The quantitative estimate of drug-likeness (QED) is 0.160. The van der Waals surface area contributed by atoms with Gasteiger partial charge in [0.15, 0.2) is 11.6 Å². The summed E-state index contributed by atoms with van der Waals surface area (Å²) in [5.41, 5.74) is 2.31. The summed E-state index contributed by atoms with van der Waals surface area (Å²) < 4.78 is 61.5. The maximum absolute atomic E-state index is 15.0. The lowest BCUT2D eigenvalue weighted by molar-refractivity contribution is 0.0230. The van der Waals surface area contributed by atoms with Gasteiger partial charge in [0, 0.05) is 18.2 Å². The second kappa shape index (κ2) is 14.2. The molecule has 3 nitrogen and oxygen atoms in total. The van der Waals surface area contributed by atoms with Gasteiger partial charge < -0.3 is 14.2 Å². The molecule has 0 saturated heterocycles. The van der Waals surface area contributed by atoms with Crippen LogP contribution in [0.1, 0.15) is 68.9 Å². The summed E-state index contributed by atoms with van der Waals surface area (Å²) in [5, 5.41) is 0. The van der Waals surface area contributed by atoms with Crippen molar-refractivity contribution in [2.24, 2.45) is 0 Å². The van der Waals surface area contributed by atoms with Gasteiger partial charge in [-0.15, -0.1) is 6.58 Å². The average molecular weight is 539 g/mol. The summed E-state index contributed by atoms with van der Waals surface area (Å²) in [6.45, 7) is 7.04. The SMILES string of the molecule is C=CCCOc1ccc(-c2ccc(COc3ccc(C4CCC(OCCCC)CC4)c(F)c3F)cc2)c(F)c1. The van der Waals surface area contributed by atoms with Gasteiger partial charge in [-0.2, -0.15) is 4.39 Å². The van der Waals surface area contributed by atoms with E-state index in [1.165, 1.54) is 12.1 Å². The average Bonchev–Trinajstić information content (AvgIpc) is 2.95. The molecule has 0 spiro atoms. The van der Waals surface area contributed by atoms with Gasteiger partial charge in [0.1, 0.15) is 18.2 Å². The lowest BCUT2D eigenvalue weighted by Gasteiger charge is -2.29. The van der Waals surface area contributed by atoms with Crippen LogP contribution >= 0.6 is 0 Å². The Kier molecular flexibility index (Phi) is 10.5. The summed E-state index contributed by atoms with van der Waals surface area (Å²) in [7, 11) is 0. The molecule has 39 heavy (non-hydrogen) atoms. The third kappa shape index (κ3) is 7.66. The van der Waals surface area contributed by atoms with Crippen LogP contribution in [0.3, 0.4) is 0 Å². The van der Waals surface area contributed by atoms with Crippen LogP contribution in [0.4, 0.5) is 13.2 Å². The first kappa shape index (κ1) is 28.8. The van der Waals surface area contributed by atoms with E-state index in [0.29, 0.717) is 35.5 Å². The molecule has 0 N–H and O–H groups in total. The van der Waals surface area contributed by atoms with Gasteiger partial charge in [0.25, 0.3) is 0 Å². The number of unbranched alkanes of at least 4 members (excludes halogenated alkanes) is 1. The van der Waals surface area contributed by atoms with E-state index < -0.39 is 11.6 Å². The molecule has 4 rings (SSSR count). The highest BCUT2D eigenvalue weighted by molar-refractivity contribution is 5.65. The van der Waals surface area contributed by atoms with Crippen molar-refractivity contribution < 1.29 is 27.4 Å². The van der Waals surface area contributed by atoms with Crippen LogP contribution in [0.2, 0.25) is 0 Å². The molecule has 0 heterocycles. The molecule has 0 atom stereocenters. The maximum atomic E-state index is 15.0. The Balaban J connectivity index is 1.33. The molecule has 1 aliphatic carbocycles. The molecule has 208 valence electrons. The van der Waals surface area contributed by atoms with E-state index in [-0.39, 0.29) is 30.2 Å². The predicted molar refractivity (Wildman–Crippen MR) is 149 cm³/mol. The highest BCUT2D eigenvalue weighted by Gasteiger charge is 2.27. The number of hydrogen-bond acceptors (Lipinski definition) is 3. The minimum atomic E-state index is -0.956. The Morgan fingerprint density at radius 2 is 1.64 bits per heavy atom. The van der Waals surface area contributed by atoms with Crippen molar-refractivity contribution >= 4 is 0 Å². The number of halogens is 3. The predicted octanol–water partition coefficient (Wildman–Crippen LogP) is 9.15. The molecule has 0 aromatic heterocycles. The molecule has 3 aromatic rings. The third-order valence-corrected chi connectivity index (χ3v) is 7.23. The molecule has 0 bridgehead atoms. The molecule has 0 radical (unpaired) electrons. The number of ether oxygens (including phenoxy) is 3. The van der Waals surface area contributed by atoms with Crippen molar-refractivity contribution in [3.8, 4) is 22.6 Å². The Labute approximate surface area is 229 Å². The third-order valence-electron chi connectivity index (χ3n) is 7.23. The molecule has 1 saturated carbocycles. The summed E-state index contributed by atoms with van der Waals surface area (Å²) in [4.78, 5) is 0. The zero-order valence-electron chi connectivity index (χ0n) is 22.6. The topological polar surface area (TPSA) is 27.7 Å². The Bertz CT molecular complexity index is 1220. The number of benzene rings is 3. The van der Waals surface area contributed by atoms with Gasteiger partial charge in [0.05, 0.1) is 12.7 Å². The minimum absolute atomic E-state index is 0.0136. The van der Waals surface area contributed by atoms with Crippen LogP contribution in [0.15, 0.2) is 67.3 Å². The molecular formula is C33H37F3O3. The molecule has 0 amide bonds. The van der Waals surface area contributed by atoms with Crippen LogP contribution in [-0.2, 0) is 11.3 Å². The van der Waals surface area contributed by atoms with Crippen LogP contribution in [-0.4, -0.2) is 19.3 Å². The molecule has 0 aliphatic heterocycles. The van der Waals surface area contributed by atoms with Gasteiger partial charge in [0.2, 0.25) is 5.82 Å². The minimum Gasteiger partial charge on any atom is -0.493 e. The van der Waals surface area contributed by atoms with E-state index in [4.69, 9.17) is 14.2 Å². The fourth-order valence-electron chi connectivity index (χ4n) is 4.93. The molecule has 0 unspecified atom stereocenters. The monoisotopic (exact) mass is 538 g/mol. The lowest BCUT2D eigenvalue weighted by atomic mass is 9.82. The largest absolute Gasteiger partial charge is 0.493 e. The second-order valence-corrected chi connectivity index (χ2v) is 10.0. The smallest absolute Gasteiger partial charge is 0.200 e. The van der Waals surface area contributed by atoms with Crippen molar-refractivity contribution in [3.05, 3.63) is 95.8 Å². The summed E-state index contributed by atoms with van der Waals surface area (Å²) in [6, 6.07) is 15.0. The van der Waals surface area contributed by atoms with E-state index in [1.807, 2.05) is 0 Å². The highest BCUT2D eigenvalue weighted by atomic mass is 19.2. The van der Waals surface area contributed by atoms with Gasteiger partial charge >= 0.3 is 0 Å². The van der Waals surface area contributed by atoms with Crippen molar-refractivity contribution in [1.82, 2.24) is 0 Å². The first-order chi connectivity index (χ1) is 19.0. The zero-order chi connectivity index (χ0) is 27.6. The van der Waals surface area contributed by atoms with Crippen LogP contribution in [0.5, 0.6) is 11.5 Å². The second-order valence-electron chi connectivity index (χ2n) is 10.0. The standard InChI is InChI=1S/C33H37F3O3/c1-3-5-19-37-26-13-11-25(12-14-26)29-17-18-31(33(36)32(29)35)39-22-23-7-9-24(10-8-23)28-16-15-27(21-30(28)34)38-20-6-4-2/h4,7-10,15-18,21,25-26H,2-3,5-6,11-14,19-20,22H2,1H3. The van der Waals surface area contributed by atoms with E-state index in [0.717, 1.165) is 50.7 Å². The van der Waals surface area contributed by atoms with Gasteiger partial charge in [-0.1, -0.05) is 49.8 Å². The van der Waals surface area contributed by atoms with E-state index in [9.17, 15) is 13.2 Å². The van der Waals surface area contributed by atoms with Crippen LogP contribution in [0, 0.1) is 17.5 Å². The number of hydrogen-bond donors (Lipinski definition) is 0. The zero-order valence-corrected chi connectivity index (χ0v) is 22.6. The highest BCUT2D eigenvalue weighted by Crippen LogP contribution is 2.37.